The van der Waals surface area contributed by atoms with E-state index in [-0.39, 0.29) is 17.5 Å². The Kier molecular flexibility index (Phi) is 6.29. The molecule has 1 spiro atoms. The fourth-order valence-corrected chi connectivity index (χ4v) is 7.37. The first-order valence-electron chi connectivity index (χ1n) is 14.4. The molecule has 2 N–H and O–H groups in total. The van der Waals surface area contributed by atoms with Gasteiger partial charge in [-0.15, -0.1) is 0 Å². The highest BCUT2D eigenvalue weighted by molar-refractivity contribution is 5.84. The zero-order valence-electron chi connectivity index (χ0n) is 22.4. The fraction of sp³-hybridized carbons (Fsp3) is 0.600. The lowest BCUT2D eigenvalue weighted by Gasteiger charge is -2.42. The Bertz CT molecular complexity index is 1280. The molecular weight excluding hydrogens is 478 g/mol. The van der Waals surface area contributed by atoms with Crippen molar-refractivity contribution in [2.45, 2.75) is 45.1 Å². The van der Waals surface area contributed by atoms with Crippen LogP contribution in [0.1, 0.15) is 43.2 Å². The van der Waals surface area contributed by atoms with Crippen LogP contribution in [0.4, 0.5) is 4.79 Å². The zero-order chi connectivity index (χ0) is 25.7. The third-order valence-corrected chi connectivity index (χ3v) is 9.74. The summed E-state index contributed by atoms with van der Waals surface area (Å²) in [5.74, 6) is 0.310. The van der Waals surface area contributed by atoms with Gasteiger partial charge in [-0.25, -0.2) is 9.78 Å². The summed E-state index contributed by atoms with van der Waals surface area (Å²) in [6.45, 7) is 9.42. The van der Waals surface area contributed by atoms with Crippen molar-refractivity contribution < 1.29 is 14.3 Å². The highest BCUT2D eigenvalue weighted by Crippen LogP contribution is 2.43. The van der Waals surface area contributed by atoms with Crippen LogP contribution in [0.15, 0.2) is 35.7 Å². The third-order valence-electron chi connectivity index (χ3n) is 9.74. The molecule has 6 heterocycles. The van der Waals surface area contributed by atoms with E-state index in [1.165, 1.54) is 33.2 Å². The number of hydrogen-bond acceptors (Lipinski definition) is 5. The molecule has 0 radical (unpaired) electrons. The van der Waals surface area contributed by atoms with Crippen molar-refractivity contribution in [1.82, 2.24) is 25.1 Å². The maximum Gasteiger partial charge on any atom is 0.320 e. The fourth-order valence-electron chi connectivity index (χ4n) is 7.37. The van der Waals surface area contributed by atoms with E-state index in [4.69, 9.17) is 14.5 Å². The van der Waals surface area contributed by atoms with E-state index in [9.17, 15) is 4.79 Å². The lowest BCUT2D eigenvalue weighted by molar-refractivity contribution is 0.0201. The minimum Gasteiger partial charge on any atom is -0.381 e. The Morgan fingerprint density at radius 1 is 1.13 bits per heavy atom. The molecule has 1 aliphatic carbocycles. The number of pyridine rings is 1. The van der Waals surface area contributed by atoms with Gasteiger partial charge in [0.2, 0.25) is 0 Å². The number of nitrogens with zero attached hydrogens (tertiary/aromatic N) is 3. The Hall–Kier alpha value is -2.68. The minimum atomic E-state index is 0.221. The van der Waals surface area contributed by atoms with Crippen molar-refractivity contribution in [1.29, 1.82) is 0 Å². The highest BCUT2D eigenvalue weighted by atomic mass is 16.5. The number of nitrogens with one attached hydrogen (secondary N) is 2. The van der Waals surface area contributed by atoms with Crippen LogP contribution in [0, 0.1) is 18.3 Å². The number of aromatic amines is 1. The first kappa shape index (κ1) is 24.4. The zero-order valence-corrected chi connectivity index (χ0v) is 22.4. The molecule has 8 nitrogen and oxygen atoms in total. The second-order valence-corrected chi connectivity index (χ2v) is 12.0. The van der Waals surface area contributed by atoms with Gasteiger partial charge in [0, 0.05) is 75.7 Å². The number of carbonyl (C=O) groups excluding carboxylic acids is 1. The van der Waals surface area contributed by atoms with Gasteiger partial charge in [0.1, 0.15) is 5.65 Å². The van der Waals surface area contributed by atoms with Crippen LogP contribution < -0.4 is 5.32 Å². The molecule has 8 heteroatoms. The normalized spacial score (nSPS) is 27.7. The summed E-state index contributed by atoms with van der Waals surface area (Å²) in [4.78, 5) is 26.0. The average molecular weight is 518 g/mol. The van der Waals surface area contributed by atoms with E-state index in [0.29, 0.717) is 12.5 Å². The van der Waals surface area contributed by atoms with Gasteiger partial charge in [-0.2, -0.15) is 0 Å². The van der Waals surface area contributed by atoms with Crippen LogP contribution in [-0.2, 0) is 9.47 Å². The molecule has 1 unspecified atom stereocenters. The van der Waals surface area contributed by atoms with Crippen LogP contribution in [0.5, 0.6) is 0 Å². The van der Waals surface area contributed by atoms with Crippen LogP contribution in [0.2, 0.25) is 0 Å². The molecule has 38 heavy (non-hydrogen) atoms. The number of hydrogen-bond donors (Lipinski definition) is 2. The number of urea groups is 1. The quantitative estimate of drug-likeness (QED) is 0.632. The van der Waals surface area contributed by atoms with Crippen LogP contribution in [-0.4, -0.2) is 91.0 Å². The molecular formula is C30H39N5O3. The Morgan fingerprint density at radius 3 is 2.87 bits per heavy atom. The summed E-state index contributed by atoms with van der Waals surface area (Å²) in [6, 6.07) is 2.76. The number of morpholine rings is 1. The number of likely N-dealkylation sites (tertiary alicyclic amines) is 1. The first-order chi connectivity index (χ1) is 18.6. The molecule has 0 bridgehead atoms. The number of allylic oxidation sites excluding steroid dienone is 2. The number of rotatable bonds is 2. The largest absolute Gasteiger partial charge is 0.381 e. The number of fused-ring (bicyclic) bond motifs is 1. The molecule has 0 saturated carbocycles. The van der Waals surface area contributed by atoms with Crippen LogP contribution in [0.3, 0.4) is 0 Å². The topological polar surface area (TPSA) is 82.7 Å². The minimum absolute atomic E-state index is 0.221. The maximum atomic E-state index is 13.7. The van der Waals surface area contributed by atoms with E-state index in [1.54, 1.807) is 0 Å². The molecule has 4 aliphatic heterocycles. The molecule has 0 aromatic carbocycles. The van der Waals surface area contributed by atoms with E-state index < -0.39 is 0 Å². The molecule has 3 fully saturated rings. The second kappa shape index (κ2) is 9.81. The van der Waals surface area contributed by atoms with E-state index in [0.717, 1.165) is 90.3 Å². The van der Waals surface area contributed by atoms with Crippen molar-refractivity contribution >= 4 is 22.6 Å². The molecule has 2 aromatic heterocycles. The monoisotopic (exact) mass is 517 g/mol. The van der Waals surface area contributed by atoms with Crippen molar-refractivity contribution in [3.8, 4) is 0 Å². The van der Waals surface area contributed by atoms with Gasteiger partial charge in [0.25, 0.3) is 0 Å². The summed E-state index contributed by atoms with van der Waals surface area (Å²) in [6.07, 6.45) is 11.5. The molecule has 2 atom stereocenters. The predicted molar refractivity (Wildman–Crippen MR) is 147 cm³/mol. The number of aromatic nitrogens is 2. The van der Waals surface area contributed by atoms with Gasteiger partial charge in [-0.1, -0.05) is 6.08 Å². The third kappa shape index (κ3) is 4.36. The summed E-state index contributed by atoms with van der Waals surface area (Å²) in [5, 5.41) is 4.92. The van der Waals surface area contributed by atoms with Crippen LogP contribution in [0.25, 0.3) is 16.6 Å². The molecule has 3 saturated heterocycles. The van der Waals surface area contributed by atoms with Crippen molar-refractivity contribution in [2.75, 3.05) is 59.2 Å². The maximum absolute atomic E-state index is 13.7. The average Bonchev–Trinajstić information content (AvgIpc) is 3.55. The Labute approximate surface area is 224 Å². The summed E-state index contributed by atoms with van der Waals surface area (Å²) < 4.78 is 11.5. The van der Waals surface area contributed by atoms with E-state index in [2.05, 4.69) is 39.2 Å². The van der Waals surface area contributed by atoms with Crippen molar-refractivity contribution in [2.24, 2.45) is 11.3 Å². The number of ether oxygens (including phenoxy) is 2. The van der Waals surface area contributed by atoms with Gasteiger partial charge in [0.15, 0.2) is 0 Å². The van der Waals surface area contributed by atoms with Gasteiger partial charge in [-0.05, 0) is 78.4 Å². The van der Waals surface area contributed by atoms with E-state index in [1.807, 2.05) is 12.4 Å². The number of aryl methyl sites for hydroxylation is 1. The number of amides is 2. The Balaban J connectivity index is 1.16. The van der Waals surface area contributed by atoms with Gasteiger partial charge < -0.3 is 29.6 Å². The number of H-pyrrole nitrogens is 1. The van der Waals surface area contributed by atoms with E-state index >= 15 is 0 Å². The first-order valence-corrected chi connectivity index (χ1v) is 14.4. The lowest BCUT2D eigenvalue weighted by Crippen LogP contribution is -2.51. The van der Waals surface area contributed by atoms with Crippen LogP contribution >= 0.6 is 0 Å². The van der Waals surface area contributed by atoms with Gasteiger partial charge in [-0.3, -0.25) is 0 Å². The molecule has 7 rings (SSSR count). The SMILES string of the molecule is Cc1c[nH]c2ncc(C3=CC4=C(CN(C(=O)N5CCC6(CCOCC6)C5)CC4)C([C@@H]4COCCN4)C3)cc12. The smallest absolute Gasteiger partial charge is 0.320 e. The standard InChI is InChI=1S/C30H39N5O3/c1-20-15-32-28-24(20)14-23(16-33-28)22-12-21-2-7-34(17-26(21)25(13-22)27-18-38-11-6-31-27)29(36)35-8-3-30(19-35)4-9-37-10-5-30/h12,14-16,25,27,31H,2-11,13,17-19H2,1H3,(H,32,33)/t25?,27-/m0/s1. The van der Waals surface area contributed by atoms with Gasteiger partial charge >= 0.3 is 6.03 Å². The predicted octanol–water partition coefficient (Wildman–Crippen LogP) is 3.89. The highest BCUT2D eigenvalue weighted by Gasteiger charge is 2.43. The summed E-state index contributed by atoms with van der Waals surface area (Å²) >= 11 is 0. The molecule has 5 aliphatic rings. The summed E-state index contributed by atoms with van der Waals surface area (Å²) in [7, 11) is 0. The molecule has 202 valence electrons. The summed E-state index contributed by atoms with van der Waals surface area (Å²) in [5.41, 5.74) is 7.81. The Morgan fingerprint density at radius 2 is 2.03 bits per heavy atom. The van der Waals surface area contributed by atoms with Crippen molar-refractivity contribution in [3.05, 3.63) is 46.8 Å². The van der Waals surface area contributed by atoms with Crippen molar-refractivity contribution in [3.63, 3.8) is 0 Å². The number of carbonyl (C=O) groups is 1. The second-order valence-electron chi connectivity index (χ2n) is 12.0. The lowest BCUT2D eigenvalue weighted by atomic mass is 9.75. The molecule has 2 amide bonds. The molecule has 2 aromatic rings. The van der Waals surface area contributed by atoms with Gasteiger partial charge in [0.05, 0.1) is 13.2 Å².